The standard InChI is InChI=1S/C29H35N7O2/c1-17(2)26-21-14-19(5-6-23(21)33-27(26)20-7-10-31-29-22(20)15-32-34-29)18-8-12-35(13-9-18)25(37)16-36-11-3-4-24(36)28(30)38/h5-7,10,14-15,17-18,24,33H,3-4,8-9,11-13,16H2,1-2H3,(H2,30,38)(H,31,32,34). The number of hydrogen-bond donors (Lipinski definition) is 3. The van der Waals surface area contributed by atoms with Crippen LogP contribution in [0.2, 0.25) is 0 Å². The first-order valence-corrected chi connectivity index (χ1v) is 13.7. The van der Waals surface area contributed by atoms with Crippen molar-refractivity contribution in [3.8, 4) is 11.3 Å². The minimum atomic E-state index is -0.323. The summed E-state index contributed by atoms with van der Waals surface area (Å²) in [6.07, 6.45) is 7.20. The fourth-order valence-corrected chi connectivity index (χ4v) is 6.44. The molecule has 2 fully saturated rings. The van der Waals surface area contributed by atoms with Crippen LogP contribution in [0.25, 0.3) is 33.2 Å². The van der Waals surface area contributed by atoms with Crippen LogP contribution in [-0.2, 0) is 9.59 Å². The predicted molar refractivity (Wildman–Crippen MR) is 148 cm³/mol. The molecule has 2 saturated heterocycles. The van der Waals surface area contributed by atoms with E-state index in [9.17, 15) is 9.59 Å². The highest BCUT2D eigenvalue weighted by atomic mass is 16.2. The van der Waals surface area contributed by atoms with Crippen LogP contribution in [0.1, 0.15) is 62.5 Å². The summed E-state index contributed by atoms with van der Waals surface area (Å²) in [6.45, 7) is 6.99. The van der Waals surface area contributed by atoms with Crippen molar-refractivity contribution in [2.45, 2.75) is 57.4 Å². The van der Waals surface area contributed by atoms with Crippen molar-refractivity contribution >= 4 is 33.8 Å². The Morgan fingerprint density at radius 1 is 1.11 bits per heavy atom. The molecule has 4 aromatic rings. The van der Waals surface area contributed by atoms with Crippen molar-refractivity contribution in [1.82, 2.24) is 30.0 Å². The lowest BCUT2D eigenvalue weighted by Gasteiger charge is -2.34. The largest absolute Gasteiger partial charge is 0.368 e. The Labute approximate surface area is 221 Å². The number of pyridine rings is 1. The number of nitrogens with one attached hydrogen (secondary N) is 2. The SMILES string of the molecule is CC(C)c1c(-c2ccnc3[nH]ncc23)[nH]c2ccc(C3CCN(C(=O)CN4CCCC4C(N)=O)CC3)cc12. The molecule has 198 valence electrons. The van der Waals surface area contributed by atoms with E-state index in [2.05, 4.69) is 58.3 Å². The number of carbonyl (C=O) groups excluding carboxylic acids is 2. The summed E-state index contributed by atoms with van der Waals surface area (Å²) in [5.74, 6) is 0.524. The van der Waals surface area contributed by atoms with Crippen molar-refractivity contribution in [3.63, 3.8) is 0 Å². The van der Waals surface area contributed by atoms with E-state index in [4.69, 9.17) is 5.73 Å². The summed E-state index contributed by atoms with van der Waals surface area (Å²) >= 11 is 0. The maximum Gasteiger partial charge on any atom is 0.236 e. The lowest BCUT2D eigenvalue weighted by Crippen LogP contribution is -2.48. The molecule has 2 amide bonds. The Bertz CT molecular complexity index is 1500. The van der Waals surface area contributed by atoms with Gasteiger partial charge in [0.15, 0.2) is 5.65 Å². The summed E-state index contributed by atoms with van der Waals surface area (Å²) < 4.78 is 0. The van der Waals surface area contributed by atoms with Gasteiger partial charge >= 0.3 is 0 Å². The molecule has 0 radical (unpaired) electrons. The molecule has 6 rings (SSSR count). The molecule has 2 aliphatic rings. The predicted octanol–water partition coefficient (Wildman–Crippen LogP) is 3.89. The van der Waals surface area contributed by atoms with Gasteiger partial charge < -0.3 is 15.6 Å². The fourth-order valence-electron chi connectivity index (χ4n) is 6.44. The Balaban J connectivity index is 1.21. The van der Waals surface area contributed by atoms with E-state index in [1.165, 1.54) is 16.5 Å². The maximum absolute atomic E-state index is 13.0. The van der Waals surface area contributed by atoms with Crippen LogP contribution < -0.4 is 5.73 Å². The van der Waals surface area contributed by atoms with Gasteiger partial charge in [0.25, 0.3) is 0 Å². The van der Waals surface area contributed by atoms with E-state index in [1.54, 1.807) is 0 Å². The highest BCUT2D eigenvalue weighted by Crippen LogP contribution is 2.39. The second-order valence-corrected chi connectivity index (χ2v) is 11.1. The van der Waals surface area contributed by atoms with Gasteiger partial charge in [-0.3, -0.25) is 19.6 Å². The number of amides is 2. The minimum absolute atomic E-state index is 0.104. The second kappa shape index (κ2) is 9.87. The summed E-state index contributed by atoms with van der Waals surface area (Å²) in [6, 6.07) is 8.53. The average molecular weight is 514 g/mol. The zero-order valence-electron chi connectivity index (χ0n) is 22.0. The highest BCUT2D eigenvalue weighted by Gasteiger charge is 2.32. The highest BCUT2D eigenvalue weighted by molar-refractivity contribution is 5.98. The second-order valence-electron chi connectivity index (χ2n) is 11.1. The van der Waals surface area contributed by atoms with E-state index in [0.717, 1.165) is 73.1 Å². The first-order chi connectivity index (χ1) is 18.4. The Morgan fingerprint density at radius 3 is 2.68 bits per heavy atom. The molecule has 9 nitrogen and oxygen atoms in total. The molecule has 3 aromatic heterocycles. The molecule has 4 N–H and O–H groups in total. The monoisotopic (exact) mass is 513 g/mol. The molecule has 0 saturated carbocycles. The molecule has 0 spiro atoms. The lowest BCUT2D eigenvalue weighted by atomic mass is 9.87. The quantitative estimate of drug-likeness (QED) is 0.361. The summed E-state index contributed by atoms with van der Waals surface area (Å²) in [5, 5.41) is 9.44. The normalized spacial score (nSPS) is 19.2. The smallest absolute Gasteiger partial charge is 0.236 e. The molecular formula is C29H35N7O2. The zero-order chi connectivity index (χ0) is 26.4. The average Bonchev–Trinajstić information content (AvgIpc) is 3.66. The molecule has 1 atom stereocenters. The molecule has 1 aromatic carbocycles. The number of piperidine rings is 1. The van der Waals surface area contributed by atoms with Crippen LogP contribution in [-0.4, -0.2) is 74.0 Å². The third-order valence-electron chi connectivity index (χ3n) is 8.41. The lowest BCUT2D eigenvalue weighted by molar-refractivity contribution is -0.134. The van der Waals surface area contributed by atoms with Gasteiger partial charge in [0.1, 0.15) is 0 Å². The molecule has 1 unspecified atom stereocenters. The number of benzene rings is 1. The van der Waals surface area contributed by atoms with Gasteiger partial charge in [0.2, 0.25) is 11.8 Å². The molecule has 0 aliphatic carbocycles. The summed E-state index contributed by atoms with van der Waals surface area (Å²) in [4.78, 5) is 36.7. The van der Waals surface area contributed by atoms with Crippen molar-refractivity contribution in [2.75, 3.05) is 26.2 Å². The van der Waals surface area contributed by atoms with Crippen molar-refractivity contribution in [1.29, 1.82) is 0 Å². The van der Waals surface area contributed by atoms with Crippen LogP contribution in [0.5, 0.6) is 0 Å². The number of primary amides is 1. The molecule has 2 aliphatic heterocycles. The van der Waals surface area contributed by atoms with Gasteiger partial charge in [-0.05, 0) is 73.4 Å². The Kier molecular flexibility index (Phi) is 6.39. The molecule has 38 heavy (non-hydrogen) atoms. The van der Waals surface area contributed by atoms with Crippen molar-refractivity contribution < 1.29 is 9.59 Å². The van der Waals surface area contributed by atoms with Gasteiger partial charge in [0.05, 0.1) is 24.5 Å². The Hall–Kier alpha value is -3.72. The van der Waals surface area contributed by atoms with Crippen LogP contribution in [0, 0.1) is 0 Å². The van der Waals surface area contributed by atoms with E-state index in [1.807, 2.05) is 22.2 Å². The number of likely N-dealkylation sites (tertiary alicyclic amines) is 2. The van der Waals surface area contributed by atoms with Gasteiger partial charge in [0, 0.05) is 41.1 Å². The first kappa shape index (κ1) is 24.6. The number of H-pyrrole nitrogens is 2. The summed E-state index contributed by atoms with van der Waals surface area (Å²) in [7, 11) is 0. The topological polar surface area (TPSA) is 124 Å². The maximum atomic E-state index is 13.0. The Morgan fingerprint density at radius 2 is 1.92 bits per heavy atom. The van der Waals surface area contributed by atoms with Crippen LogP contribution >= 0.6 is 0 Å². The number of hydrogen-bond acceptors (Lipinski definition) is 5. The number of rotatable bonds is 6. The number of fused-ring (bicyclic) bond motifs is 2. The number of aromatic amines is 2. The van der Waals surface area contributed by atoms with Crippen LogP contribution in [0.4, 0.5) is 0 Å². The van der Waals surface area contributed by atoms with Crippen molar-refractivity contribution in [3.05, 3.63) is 47.8 Å². The van der Waals surface area contributed by atoms with E-state index in [0.29, 0.717) is 11.8 Å². The first-order valence-electron chi connectivity index (χ1n) is 13.7. The van der Waals surface area contributed by atoms with Crippen LogP contribution in [0.15, 0.2) is 36.7 Å². The number of carbonyl (C=O) groups is 2. The third kappa shape index (κ3) is 4.34. The number of aromatic nitrogens is 4. The molecular weight excluding hydrogens is 478 g/mol. The number of nitrogens with two attached hydrogens (primary N) is 1. The van der Waals surface area contributed by atoms with E-state index >= 15 is 0 Å². The third-order valence-corrected chi connectivity index (χ3v) is 8.41. The molecule has 5 heterocycles. The summed E-state index contributed by atoms with van der Waals surface area (Å²) in [5.41, 5.74) is 12.3. The molecule has 0 bridgehead atoms. The molecule has 9 heteroatoms. The number of nitrogens with zero attached hydrogens (tertiary/aromatic N) is 4. The van der Waals surface area contributed by atoms with E-state index < -0.39 is 0 Å². The fraction of sp³-hybridized carbons (Fsp3) is 0.448. The van der Waals surface area contributed by atoms with Gasteiger partial charge in [-0.15, -0.1) is 0 Å². The van der Waals surface area contributed by atoms with E-state index in [-0.39, 0.29) is 24.4 Å². The van der Waals surface area contributed by atoms with Crippen LogP contribution in [0.3, 0.4) is 0 Å². The van der Waals surface area contributed by atoms with Gasteiger partial charge in [-0.25, -0.2) is 4.98 Å². The zero-order valence-corrected chi connectivity index (χ0v) is 22.0. The van der Waals surface area contributed by atoms with Gasteiger partial charge in [-0.1, -0.05) is 19.9 Å². The minimum Gasteiger partial charge on any atom is -0.368 e. The van der Waals surface area contributed by atoms with Gasteiger partial charge in [-0.2, -0.15) is 5.10 Å². The van der Waals surface area contributed by atoms with Crippen molar-refractivity contribution in [2.24, 2.45) is 5.73 Å².